The average Bonchev–Trinajstić information content (AvgIpc) is 3.50. The molecular formula is C27H23N3O4S. The van der Waals surface area contributed by atoms with Crippen LogP contribution in [0.25, 0.3) is 11.3 Å². The predicted molar refractivity (Wildman–Crippen MR) is 135 cm³/mol. The second-order valence-electron chi connectivity index (χ2n) is 8.19. The van der Waals surface area contributed by atoms with Gasteiger partial charge in [-0.2, -0.15) is 0 Å². The summed E-state index contributed by atoms with van der Waals surface area (Å²) in [7, 11) is 1.64. The molecule has 0 amide bonds. The molecule has 2 aromatic carbocycles. The Morgan fingerprint density at radius 3 is 2.51 bits per heavy atom. The lowest BCUT2D eigenvalue weighted by molar-refractivity contribution is 0.0697. The summed E-state index contributed by atoms with van der Waals surface area (Å²) in [6.45, 7) is 0.577. The number of hydrogen-bond donors (Lipinski definition) is 2. The van der Waals surface area contributed by atoms with Gasteiger partial charge in [-0.05, 0) is 66.3 Å². The van der Waals surface area contributed by atoms with Gasteiger partial charge in [-0.25, -0.2) is 4.79 Å². The maximum atomic E-state index is 11.2. The van der Waals surface area contributed by atoms with Gasteiger partial charge in [-0.3, -0.25) is 4.98 Å². The summed E-state index contributed by atoms with van der Waals surface area (Å²) >= 11 is 5.75. The summed E-state index contributed by atoms with van der Waals surface area (Å²) in [5.74, 6) is 1.22. The van der Waals surface area contributed by atoms with Gasteiger partial charge in [0.25, 0.3) is 0 Å². The number of carboxylic acid groups (broad SMARTS) is 1. The Hall–Kier alpha value is -4.17. The number of methoxy groups -OCH3 is 1. The number of carbonyl (C=O) groups is 1. The first kappa shape index (κ1) is 22.6. The van der Waals surface area contributed by atoms with Gasteiger partial charge in [0.05, 0.1) is 24.4 Å². The highest BCUT2D eigenvalue weighted by Gasteiger charge is 2.41. The first-order valence-electron chi connectivity index (χ1n) is 11.1. The molecule has 0 radical (unpaired) electrons. The van der Waals surface area contributed by atoms with Crippen molar-refractivity contribution in [2.75, 3.05) is 7.11 Å². The molecule has 3 heterocycles. The molecule has 2 atom stereocenters. The fraction of sp³-hybridized carbons (Fsp3) is 0.148. The van der Waals surface area contributed by atoms with Crippen molar-refractivity contribution in [3.05, 3.63) is 108 Å². The molecule has 0 saturated carbocycles. The third-order valence-electron chi connectivity index (χ3n) is 6.04. The molecule has 1 aliphatic rings. The van der Waals surface area contributed by atoms with E-state index in [2.05, 4.69) is 15.2 Å². The first-order chi connectivity index (χ1) is 17.0. The second kappa shape index (κ2) is 9.60. The van der Waals surface area contributed by atoms with Gasteiger partial charge < -0.3 is 24.5 Å². The third kappa shape index (κ3) is 4.61. The number of ether oxygens (including phenoxy) is 1. The molecule has 1 saturated heterocycles. The molecule has 176 valence electrons. The first-order valence-corrected chi connectivity index (χ1v) is 11.5. The summed E-state index contributed by atoms with van der Waals surface area (Å²) in [6.07, 6.45) is 1.76. The van der Waals surface area contributed by atoms with Crippen LogP contribution in [0.1, 0.15) is 39.5 Å². The Kier molecular flexibility index (Phi) is 6.20. The molecule has 4 aromatic rings. The molecule has 0 bridgehead atoms. The molecule has 0 aliphatic carbocycles. The summed E-state index contributed by atoms with van der Waals surface area (Å²) in [5.41, 5.74) is 2.97. The van der Waals surface area contributed by atoms with E-state index in [4.69, 9.17) is 21.4 Å². The summed E-state index contributed by atoms with van der Waals surface area (Å²) in [6, 6.07) is 23.7. The van der Waals surface area contributed by atoms with Gasteiger partial charge in [0.2, 0.25) is 0 Å². The van der Waals surface area contributed by atoms with Crippen LogP contribution in [0.4, 0.5) is 0 Å². The van der Waals surface area contributed by atoms with Crippen molar-refractivity contribution in [1.29, 1.82) is 0 Å². The van der Waals surface area contributed by atoms with E-state index in [-0.39, 0.29) is 17.6 Å². The number of nitrogens with one attached hydrogen (secondary N) is 1. The lowest BCUT2D eigenvalue weighted by Gasteiger charge is -2.26. The van der Waals surface area contributed by atoms with Crippen molar-refractivity contribution in [1.82, 2.24) is 15.2 Å². The van der Waals surface area contributed by atoms with Crippen LogP contribution in [0, 0.1) is 0 Å². The van der Waals surface area contributed by atoms with Crippen LogP contribution in [-0.2, 0) is 6.54 Å². The molecule has 8 heteroatoms. The van der Waals surface area contributed by atoms with E-state index in [0.717, 1.165) is 28.3 Å². The molecule has 1 fully saturated rings. The van der Waals surface area contributed by atoms with Crippen molar-refractivity contribution in [2.45, 2.75) is 18.6 Å². The number of aromatic carboxylic acids is 1. The van der Waals surface area contributed by atoms with Crippen LogP contribution in [0.5, 0.6) is 5.75 Å². The number of rotatable bonds is 7. The molecule has 2 N–H and O–H groups in total. The van der Waals surface area contributed by atoms with Crippen molar-refractivity contribution >= 4 is 23.3 Å². The van der Waals surface area contributed by atoms with Gasteiger partial charge in [0, 0.05) is 18.3 Å². The van der Waals surface area contributed by atoms with Crippen LogP contribution in [-0.4, -0.2) is 33.2 Å². The number of nitrogens with zero attached hydrogens (tertiary/aromatic N) is 2. The lowest BCUT2D eigenvalue weighted by atomic mass is 10.0. The zero-order valence-electron chi connectivity index (χ0n) is 18.9. The molecule has 7 nitrogen and oxygen atoms in total. The zero-order valence-corrected chi connectivity index (χ0v) is 19.7. The van der Waals surface area contributed by atoms with Crippen molar-refractivity contribution in [3.8, 4) is 17.1 Å². The third-order valence-corrected chi connectivity index (χ3v) is 6.40. The Bertz CT molecular complexity index is 1340. The Morgan fingerprint density at radius 1 is 1.09 bits per heavy atom. The zero-order chi connectivity index (χ0) is 24.4. The highest BCUT2D eigenvalue weighted by atomic mass is 32.1. The average molecular weight is 486 g/mol. The minimum atomic E-state index is -0.963. The van der Waals surface area contributed by atoms with Gasteiger partial charge in [-0.15, -0.1) is 0 Å². The quantitative estimate of drug-likeness (QED) is 0.345. The number of hydrogen-bond acceptors (Lipinski definition) is 5. The lowest BCUT2D eigenvalue weighted by Crippen LogP contribution is -2.29. The monoisotopic (exact) mass is 485 g/mol. The Morgan fingerprint density at radius 2 is 1.86 bits per heavy atom. The maximum absolute atomic E-state index is 11.2. The molecule has 5 rings (SSSR count). The number of thiocarbonyl (C=S) groups is 1. The van der Waals surface area contributed by atoms with E-state index in [9.17, 15) is 9.90 Å². The Balaban J connectivity index is 1.49. The predicted octanol–water partition coefficient (Wildman–Crippen LogP) is 5.22. The van der Waals surface area contributed by atoms with Crippen LogP contribution < -0.4 is 10.1 Å². The van der Waals surface area contributed by atoms with E-state index in [0.29, 0.717) is 17.4 Å². The van der Waals surface area contributed by atoms with Crippen LogP contribution >= 0.6 is 12.2 Å². The fourth-order valence-electron chi connectivity index (χ4n) is 4.26. The number of furan rings is 1. The van der Waals surface area contributed by atoms with E-state index in [1.807, 2.05) is 54.6 Å². The maximum Gasteiger partial charge on any atom is 0.335 e. The topological polar surface area (TPSA) is 87.8 Å². The van der Waals surface area contributed by atoms with E-state index < -0.39 is 5.97 Å². The molecule has 35 heavy (non-hydrogen) atoms. The van der Waals surface area contributed by atoms with Gasteiger partial charge in [-0.1, -0.05) is 30.3 Å². The van der Waals surface area contributed by atoms with Gasteiger partial charge in [0.1, 0.15) is 23.3 Å². The standard InChI is InChI=1S/C27H23N3O4S/c1-33-20-11-5-17(6-12-20)16-30-25(24(29-27(30)35)21-4-2-3-15-28-21)23-14-13-22(34-23)18-7-9-19(10-8-18)26(31)32/h2-15,24-25H,16H2,1H3,(H,29,35)(H,31,32). The SMILES string of the molecule is COc1ccc(CN2C(=S)NC(c3ccccn3)C2c2ccc(-c3ccc(C(=O)O)cc3)o2)cc1. The smallest absolute Gasteiger partial charge is 0.335 e. The fourth-order valence-corrected chi connectivity index (χ4v) is 4.56. The molecular weight excluding hydrogens is 462 g/mol. The summed E-state index contributed by atoms with van der Waals surface area (Å²) in [4.78, 5) is 17.9. The summed E-state index contributed by atoms with van der Waals surface area (Å²) < 4.78 is 11.6. The van der Waals surface area contributed by atoms with Gasteiger partial charge in [0.15, 0.2) is 5.11 Å². The normalized spacial score (nSPS) is 17.3. The number of pyridine rings is 1. The number of benzene rings is 2. The van der Waals surface area contributed by atoms with Gasteiger partial charge >= 0.3 is 5.97 Å². The summed E-state index contributed by atoms with van der Waals surface area (Å²) in [5, 5.41) is 13.2. The number of aromatic nitrogens is 1. The minimum absolute atomic E-state index is 0.199. The number of carboxylic acids is 1. The van der Waals surface area contributed by atoms with E-state index >= 15 is 0 Å². The Labute approximate surface area is 208 Å². The van der Waals surface area contributed by atoms with E-state index in [1.54, 1.807) is 37.6 Å². The highest BCUT2D eigenvalue weighted by molar-refractivity contribution is 7.80. The van der Waals surface area contributed by atoms with Crippen molar-refractivity contribution < 1.29 is 19.1 Å². The van der Waals surface area contributed by atoms with E-state index in [1.165, 1.54) is 0 Å². The molecule has 1 aliphatic heterocycles. The molecule has 2 aromatic heterocycles. The second-order valence-corrected chi connectivity index (χ2v) is 8.57. The van der Waals surface area contributed by atoms with Crippen LogP contribution in [0.3, 0.4) is 0 Å². The van der Waals surface area contributed by atoms with Crippen LogP contribution in [0.2, 0.25) is 0 Å². The molecule has 2 unspecified atom stereocenters. The largest absolute Gasteiger partial charge is 0.497 e. The highest BCUT2D eigenvalue weighted by Crippen LogP contribution is 2.41. The van der Waals surface area contributed by atoms with Crippen LogP contribution in [0.15, 0.2) is 89.5 Å². The minimum Gasteiger partial charge on any atom is -0.497 e. The van der Waals surface area contributed by atoms with Crippen molar-refractivity contribution in [3.63, 3.8) is 0 Å². The van der Waals surface area contributed by atoms with Crippen molar-refractivity contribution in [2.24, 2.45) is 0 Å². The molecule has 0 spiro atoms.